The molecule has 2 saturated heterocycles. The summed E-state index contributed by atoms with van der Waals surface area (Å²) in [5, 5.41) is 2.69. The highest BCUT2D eigenvalue weighted by Gasteiger charge is 2.56. The molecule has 1 N–H and O–H groups in total. The molecule has 21 heteroatoms. The van der Waals surface area contributed by atoms with Crippen molar-refractivity contribution in [2.24, 2.45) is 0 Å². The van der Waals surface area contributed by atoms with Crippen LogP contribution in [0.25, 0.3) is 0 Å². The molecule has 0 bridgehead atoms. The van der Waals surface area contributed by atoms with Gasteiger partial charge in [-0.05, 0) is 19.1 Å². The number of hydrogen-bond donors (Lipinski definition) is 1. The van der Waals surface area contributed by atoms with Crippen molar-refractivity contribution in [3.8, 4) is 0 Å². The van der Waals surface area contributed by atoms with Crippen LogP contribution in [0.15, 0.2) is 0 Å². The van der Waals surface area contributed by atoms with Gasteiger partial charge in [-0.2, -0.15) is 11.8 Å². The van der Waals surface area contributed by atoms with Gasteiger partial charge >= 0.3 is 41.8 Å². The summed E-state index contributed by atoms with van der Waals surface area (Å²) in [4.78, 5) is 96.3. The highest BCUT2D eigenvalue weighted by Crippen LogP contribution is 2.34. The first-order valence-corrected chi connectivity index (χ1v) is 18.5. The Hall–Kier alpha value is -4.05. The zero-order valence-corrected chi connectivity index (χ0v) is 33.1. The molecule has 0 aromatic heterocycles. The molecule has 2 fully saturated rings. The van der Waals surface area contributed by atoms with Gasteiger partial charge in [-0.1, -0.05) is 0 Å². The molecule has 0 spiro atoms. The summed E-state index contributed by atoms with van der Waals surface area (Å²) in [6.07, 6.45) is -12.7. The molecule has 5 unspecified atom stereocenters. The van der Waals surface area contributed by atoms with E-state index in [1.165, 1.54) is 39.5 Å². The number of carbonyl (C=O) groups excluding carboxylic acids is 8. The minimum atomic E-state index is -1.61. The Morgan fingerprint density at radius 2 is 1.20 bits per heavy atom. The SMILES string of the molecule is CC(=O)NC1[C@H](OCCCSCC(COC(C)=O)OC(C)=O)OC(COC(C)=O)[C@H](OC(C)=O)[C@@H]1O[C@@H]1OC(C)[C@H](OC(C)=O)[C@H](OC(C)=O)C1OC(C)=O. The molecule has 11 atom stereocenters. The molecule has 0 aromatic carbocycles. The van der Waals surface area contributed by atoms with Crippen LogP contribution in [0.5, 0.6) is 0 Å². The molecule has 2 heterocycles. The molecule has 312 valence electrons. The van der Waals surface area contributed by atoms with E-state index in [2.05, 4.69) is 5.32 Å². The van der Waals surface area contributed by atoms with Crippen LogP contribution in [0, 0.1) is 0 Å². The maximum Gasteiger partial charge on any atom is 0.303 e. The first-order valence-electron chi connectivity index (χ1n) is 17.3. The Kier molecular flexibility index (Phi) is 19.8. The second kappa shape index (κ2) is 23.1. The van der Waals surface area contributed by atoms with Crippen molar-refractivity contribution in [1.82, 2.24) is 5.32 Å². The van der Waals surface area contributed by atoms with E-state index in [9.17, 15) is 38.4 Å². The van der Waals surface area contributed by atoms with Gasteiger partial charge in [0.05, 0.1) is 12.7 Å². The smallest absolute Gasteiger partial charge is 0.303 e. The van der Waals surface area contributed by atoms with Gasteiger partial charge in [0.2, 0.25) is 5.91 Å². The lowest BCUT2D eigenvalue weighted by Gasteiger charge is -2.49. The number of rotatable bonds is 19. The Labute approximate surface area is 322 Å². The molecule has 0 radical (unpaired) electrons. The van der Waals surface area contributed by atoms with Crippen molar-refractivity contribution < 1.29 is 90.5 Å². The molecule has 20 nitrogen and oxygen atoms in total. The van der Waals surface area contributed by atoms with Gasteiger partial charge in [0, 0.05) is 61.1 Å². The highest BCUT2D eigenvalue weighted by atomic mass is 32.2. The van der Waals surface area contributed by atoms with Gasteiger partial charge in [0.25, 0.3) is 0 Å². The third-order valence-corrected chi connectivity index (χ3v) is 8.70. The highest BCUT2D eigenvalue weighted by molar-refractivity contribution is 7.99. The van der Waals surface area contributed by atoms with Crippen LogP contribution in [0.4, 0.5) is 0 Å². The normalized spacial score (nSPS) is 28.0. The standard InChI is InChI=1S/C34H51NO19S/c1-16-28(49-21(6)40)31(51-23(8)42)32(52-24(9)43)34(47-16)54-30-27(35-17(2)36)33(53-26(14-46-19(4)38)29(30)50-22(7)41)44-11-10-12-55-15-25(48-20(5)39)13-45-18(3)37/h16,25-34H,10-15H2,1-9H3,(H,35,36)/t16?,25?,26?,27?,28-,29-,30+,31-,32?,33+,34-/m0/s1. The fourth-order valence-corrected chi connectivity index (χ4v) is 6.55. The number of esters is 7. The van der Waals surface area contributed by atoms with Gasteiger partial charge in [0.15, 0.2) is 37.0 Å². The van der Waals surface area contributed by atoms with Crippen molar-refractivity contribution in [2.45, 2.75) is 136 Å². The van der Waals surface area contributed by atoms with Gasteiger partial charge in [-0.15, -0.1) is 0 Å². The monoisotopic (exact) mass is 809 g/mol. The zero-order valence-electron chi connectivity index (χ0n) is 32.3. The summed E-state index contributed by atoms with van der Waals surface area (Å²) in [7, 11) is 0. The number of ether oxygens (including phenoxy) is 11. The third kappa shape index (κ3) is 16.7. The molecule has 2 aliphatic rings. The van der Waals surface area contributed by atoms with Crippen LogP contribution in [-0.2, 0) is 90.5 Å². The van der Waals surface area contributed by atoms with Crippen LogP contribution in [0.1, 0.15) is 68.7 Å². The van der Waals surface area contributed by atoms with Gasteiger partial charge in [-0.3, -0.25) is 38.4 Å². The van der Waals surface area contributed by atoms with E-state index in [0.29, 0.717) is 17.9 Å². The first kappa shape index (κ1) is 47.1. The van der Waals surface area contributed by atoms with Gasteiger partial charge in [0.1, 0.15) is 37.6 Å². The number of hydrogen-bond acceptors (Lipinski definition) is 20. The predicted octanol–water partition coefficient (Wildman–Crippen LogP) is 0.271. The molecular weight excluding hydrogens is 758 g/mol. The van der Waals surface area contributed by atoms with Crippen molar-refractivity contribution in [3.63, 3.8) is 0 Å². The molecule has 0 aromatic rings. The summed E-state index contributed by atoms with van der Waals surface area (Å²) < 4.78 is 62.1. The molecular formula is C34H51NO19S. The quantitative estimate of drug-likeness (QED) is 0.104. The summed E-state index contributed by atoms with van der Waals surface area (Å²) >= 11 is 1.39. The minimum Gasteiger partial charge on any atom is -0.463 e. The van der Waals surface area contributed by atoms with Crippen LogP contribution in [-0.4, -0.2) is 146 Å². The summed E-state index contributed by atoms with van der Waals surface area (Å²) in [5.74, 6) is -4.78. The van der Waals surface area contributed by atoms with E-state index in [0.717, 1.165) is 34.6 Å². The summed E-state index contributed by atoms with van der Waals surface area (Å²) in [5.41, 5.74) is 0. The molecule has 1 amide bonds. The number of carbonyl (C=O) groups is 8. The van der Waals surface area contributed by atoms with E-state index in [1.54, 1.807) is 0 Å². The number of thioether (sulfide) groups is 1. The fraction of sp³-hybridized carbons (Fsp3) is 0.765. The number of nitrogens with one attached hydrogen (secondary N) is 1. The Morgan fingerprint density at radius 3 is 1.75 bits per heavy atom. The van der Waals surface area contributed by atoms with Gasteiger partial charge < -0.3 is 57.4 Å². The van der Waals surface area contributed by atoms with E-state index in [4.69, 9.17) is 52.1 Å². The second-order valence-corrected chi connectivity index (χ2v) is 13.7. The lowest BCUT2D eigenvalue weighted by Crippen LogP contribution is -2.69. The van der Waals surface area contributed by atoms with Crippen LogP contribution >= 0.6 is 11.8 Å². The summed E-state index contributed by atoms with van der Waals surface area (Å²) in [6, 6.07) is -1.27. The van der Waals surface area contributed by atoms with Gasteiger partial charge in [-0.25, -0.2) is 0 Å². The van der Waals surface area contributed by atoms with Crippen molar-refractivity contribution in [1.29, 1.82) is 0 Å². The molecule has 2 aliphatic heterocycles. The second-order valence-electron chi connectivity index (χ2n) is 12.5. The molecule has 2 rings (SSSR count). The third-order valence-electron chi connectivity index (χ3n) is 7.52. The Morgan fingerprint density at radius 1 is 0.636 bits per heavy atom. The average Bonchev–Trinajstić information content (AvgIpc) is 3.04. The average molecular weight is 810 g/mol. The minimum absolute atomic E-state index is 0.0206. The zero-order chi connectivity index (χ0) is 41.4. The largest absolute Gasteiger partial charge is 0.463 e. The van der Waals surface area contributed by atoms with E-state index >= 15 is 0 Å². The van der Waals surface area contributed by atoms with Crippen molar-refractivity contribution in [3.05, 3.63) is 0 Å². The molecule has 0 aliphatic carbocycles. The van der Waals surface area contributed by atoms with E-state index < -0.39 is 122 Å². The summed E-state index contributed by atoms with van der Waals surface area (Å²) in [6.45, 7) is 10.1. The molecule has 0 saturated carbocycles. The lowest BCUT2D eigenvalue weighted by atomic mass is 9.94. The lowest BCUT2D eigenvalue weighted by molar-refractivity contribution is -0.343. The van der Waals surface area contributed by atoms with Crippen LogP contribution in [0.2, 0.25) is 0 Å². The van der Waals surface area contributed by atoms with E-state index in [-0.39, 0.29) is 13.2 Å². The maximum absolute atomic E-state index is 12.6. The fourth-order valence-electron chi connectivity index (χ4n) is 5.63. The number of amides is 1. The van der Waals surface area contributed by atoms with E-state index in [1.807, 2.05) is 0 Å². The Balaban J connectivity index is 2.46. The van der Waals surface area contributed by atoms with Crippen LogP contribution < -0.4 is 5.32 Å². The molecule has 55 heavy (non-hydrogen) atoms. The first-order chi connectivity index (χ1) is 25.8. The van der Waals surface area contributed by atoms with Crippen LogP contribution in [0.3, 0.4) is 0 Å². The van der Waals surface area contributed by atoms with Crippen molar-refractivity contribution >= 4 is 59.5 Å². The predicted molar refractivity (Wildman–Crippen MR) is 184 cm³/mol. The Bertz CT molecular complexity index is 1360. The van der Waals surface area contributed by atoms with Crippen molar-refractivity contribution in [2.75, 3.05) is 31.3 Å². The topological polar surface area (TPSA) is 250 Å². The maximum atomic E-state index is 12.6.